The Morgan fingerprint density at radius 1 is 1.29 bits per heavy atom. The summed E-state index contributed by atoms with van der Waals surface area (Å²) in [6, 6.07) is 9.70. The van der Waals surface area contributed by atoms with Crippen LogP contribution in [0.1, 0.15) is 11.1 Å². The molecule has 0 aliphatic carbocycles. The van der Waals surface area contributed by atoms with Crippen molar-refractivity contribution < 1.29 is 17.9 Å². The lowest BCUT2D eigenvalue weighted by atomic mass is 10.1. The second-order valence-corrected chi connectivity index (χ2v) is 7.54. The molecule has 1 heterocycles. The van der Waals surface area contributed by atoms with Gasteiger partial charge in [0, 0.05) is 17.1 Å². The van der Waals surface area contributed by atoms with Gasteiger partial charge in [-0.3, -0.25) is 4.79 Å². The molecule has 1 amide bonds. The minimum absolute atomic E-state index is 0.0253. The molecule has 6 nitrogen and oxygen atoms in total. The maximum Gasteiger partial charge on any atom is 0.265 e. The summed E-state index contributed by atoms with van der Waals surface area (Å²) in [6.45, 7) is 1.63. The van der Waals surface area contributed by atoms with E-state index in [2.05, 4.69) is 5.32 Å². The highest BCUT2D eigenvalue weighted by Gasteiger charge is 2.29. The van der Waals surface area contributed by atoms with Gasteiger partial charge in [-0.2, -0.15) is 0 Å². The van der Waals surface area contributed by atoms with E-state index in [1.807, 2.05) is 0 Å². The Kier molecular flexibility index (Phi) is 4.25. The van der Waals surface area contributed by atoms with Crippen LogP contribution in [-0.2, 0) is 21.2 Å². The average molecular weight is 367 g/mol. The normalized spacial score (nSPS) is 16.4. The summed E-state index contributed by atoms with van der Waals surface area (Å²) in [7, 11) is -3.86. The Bertz CT molecular complexity index is 928. The molecule has 1 aliphatic rings. The van der Waals surface area contributed by atoms with Crippen LogP contribution in [0.2, 0.25) is 5.02 Å². The van der Waals surface area contributed by atoms with Gasteiger partial charge in [0.2, 0.25) is 10.0 Å². The molecule has 1 atom stereocenters. The highest BCUT2D eigenvalue weighted by Crippen LogP contribution is 2.31. The Balaban J connectivity index is 1.77. The molecular weight excluding hydrogens is 352 g/mol. The number of aryl methyl sites for hydroxylation is 1. The quantitative estimate of drug-likeness (QED) is 0.870. The Morgan fingerprint density at radius 3 is 2.75 bits per heavy atom. The number of amides is 1. The van der Waals surface area contributed by atoms with Gasteiger partial charge >= 0.3 is 0 Å². The Labute approximate surface area is 144 Å². The molecule has 1 aliphatic heterocycles. The second kappa shape index (κ2) is 6.08. The van der Waals surface area contributed by atoms with E-state index < -0.39 is 16.1 Å². The number of rotatable bonds is 3. The molecule has 0 radical (unpaired) electrons. The molecule has 0 fully saturated rings. The molecule has 2 aromatic rings. The molecule has 2 aromatic carbocycles. The predicted octanol–water partition coefficient (Wildman–Crippen LogP) is 2.24. The molecule has 8 heteroatoms. The first-order valence-corrected chi connectivity index (χ1v) is 9.06. The summed E-state index contributed by atoms with van der Waals surface area (Å²) < 4.78 is 28.7. The highest BCUT2D eigenvalue weighted by molar-refractivity contribution is 7.89. The van der Waals surface area contributed by atoms with Gasteiger partial charge in [0.15, 0.2) is 6.10 Å². The SMILES string of the molecule is Cc1ccc(NC(=O)[C@@H]2Cc3cc(Cl)ccc3O2)cc1S(N)(=O)=O. The summed E-state index contributed by atoms with van der Waals surface area (Å²) in [5.74, 6) is 0.250. The first-order valence-electron chi connectivity index (χ1n) is 7.13. The van der Waals surface area contributed by atoms with Crippen LogP contribution in [0.5, 0.6) is 5.75 Å². The van der Waals surface area contributed by atoms with E-state index >= 15 is 0 Å². The fourth-order valence-electron chi connectivity index (χ4n) is 2.57. The van der Waals surface area contributed by atoms with Crippen molar-refractivity contribution in [3.8, 4) is 5.75 Å². The molecule has 3 rings (SSSR count). The number of hydrogen-bond acceptors (Lipinski definition) is 4. The van der Waals surface area contributed by atoms with Crippen molar-refractivity contribution in [2.45, 2.75) is 24.3 Å². The maximum atomic E-state index is 12.4. The molecule has 0 saturated heterocycles. The van der Waals surface area contributed by atoms with Crippen molar-refractivity contribution in [1.82, 2.24) is 0 Å². The summed E-state index contributed by atoms with van der Waals surface area (Å²) in [5, 5.41) is 8.41. The summed E-state index contributed by atoms with van der Waals surface area (Å²) in [4.78, 5) is 12.3. The lowest BCUT2D eigenvalue weighted by molar-refractivity contribution is -0.122. The number of carbonyl (C=O) groups excluding carboxylic acids is 1. The van der Waals surface area contributed by atoms with Gasteiger partial charge in [-0.1, -0.05) is 17.7 Å². The number of ether oxygens (including phenoxy) is 1. The van der Waals surface area contributed by atoms with Crippen LogP contribution in [0.15, 0.2) is 41.3 Å². The number of nitrogens with two attached hydrogens (primary N) is 1. The third-order valence-corrected chi connectivity index (χ3v) is 5.04. The monoisotopic (exact) mass is 366 g/mol. The van der Waals surface area contributed by atoms with Crippen molar-refractivity contribution in [2.24, 2.45) is 5.14 Å². The zero-order valence-electron chi connectivity index (χ0n) is 12.7. The second-order valence-electron chi connectivity index (χ2n) is 5.58. The molecule has 126 valence electrons. The Morgan fingerprint density at radius 2 is 2.04 bits per heavy atom. The molecule has 3 N–H and O–H groups in total. The zero-order valence-corrected chi connectivity index (χ0v) is 14.3. The van der Waals surface area contributed by atoms with Crippen LogP contribution >= 0.6 is 11.6 Å². The topological polar surface area (TPSA) is 98.5 Å². The van der Waals surface area contributed by atoms with Gasteiger partial charge in [-0.15, -0.1) is 0 Å². The van der Waals surface area contributed by atoms with E-state index in [0.717, 1.165) is 5.56 Å². The van der Waals surface area contributed by atoms with Crippen LogP contribution in [0.4, 0.5) is 5.69 Å². The first kappa shape index (κ1) is 16.8. The summed E-state index contributed by atoms with van der Waals surface area (Å²) >= 11 is 5.93. The van der Waals surface area contributed by atoms with Gasteiger partial charge in [0.25, 0.3) is 5.91 Å². The van der Waals surface area contributed by atoms with Crippen LogP contribution < -0.4 is 15.2 Å². The van der Waals surface area contributed by atoms with Crippen LogP contribution in [0, 0.1) is 6.92 Å². The van der Waals surface area contributed by atoms with Crippen molar-refractivity contribution >= 4 is 33.2 Å². The first-order chi connectivity index (χ1) is 11.2. The molecular formula is C16H15ClN2O4S. The van der Waals surface area contributed by atoms with Gasteiger partial charge in [-0.25, -0.2) is 13.6 Å². The summed E-state index contributed by atoms with van der Waals surface area (Å²) in [5.41, 5.74) is 1.71. The number of benzene rings is 2. The Hall–Kier alpha value is -2.09. The number of hydrogen-bond donors (Lipinski definition) is 2. The highest BCUT2D eigenvalue weighted by atomic mass is 35.5. The molecule has 0 aromatic heterocycles. The van der Waals surface area contributed by atoms with Crippen LogP contribution in [0.25, 0.3) is 0 Å². The number of nitrogens with one attached hydrogen (secondary N) is 1. The fourth-order valence-corrected chi connectivity index (χ4v) is 3.57. The van der Waals surface area contributed by atoms with E-state index in [1.165, 1.54) is 6.07 Å². The fraction of sp³-hybridized carbons (Fsp3) is 0.188. The maximum absolute atomic E-state index is 12.4. The minimum atomic E-state index is -3.86. The molecule has 0 spiro atoms. The predicted molar refractivity (Wildman–Crippen MR) is 90.8 cm³/mol. The van der Waals surface area contributed by atoms with Crippen molar-refractivity contribution in [1.29, 1.82) is 0 Å². The van der Waals surface area contributed by atoms with Gasteiger partial charge in [0.05, 0.1) is 4.90 Å². The number of halogens is 1. The van der Waals surface area contributed by atoms with Crippen LogP contribution in [-0.4, -0.2) is 20.4 Å². The number of primary sulfonamides is 1. The van der Waals surface area contributed by atoms with Gasteiger partial charge in [-0.05, 0) is 48.4 Å². The van der Waals surface area contributed by atoms with Gasteiger partial charge < -0.3 is 10.1 Å². The molecule has 0 saturated carbocycles. The third kappa shape index (κ3) is 3.38. The summed E-state index contributed by atoms with van der Waals surface area (Å²) in [6.07, 6.45) is -0.298. The van der Waals surface area contributed by atoms with E-state index in [0.29, 0.717) is 28.4 Å². The van der Waals surface area contributed by atoms with E-state index in [4.69, 9.17) is 21.5 Å². The van der Waals surface area contributed by atoms with E-state index in [1.54, 1.807) is 37.3 Å². The van der Waals surface area contributed by atoms with Crippen molar-refractivity contribution in [2.75, 3.05) is 5.32 Å². The standard InChI is InChI=1S/C16H15ClN2O4S/c1-9-2-4-12(8-15(9)24(18,21)22)19-16(20)14-7-10-6-11(17)3-5-13(10)23-14/h2-6,8,14H,7H2,1H3,(H,19,20)(H2,18,21,22)/t14-/m0/s1. The number of carbonyl (C=O) groups is 1. The van der Waals surface area contributed by atoms with Crippen LogP contribution in [0.3, 0.4) is 0 Å². The zero-order chi connectivity index (χ0) is 17.5. The van der Waals surface area contributed by atoms with E-state index in [9.17, 15) is 13.2 Å². The van der Waals surface area contributed by atoms with Gasteiger partial charge in [0.1, 0.15) is 5.75 Å². The van der Waals surface area contributed by atoms with Crippen molar-refractivity contribution in [3.63, 3.8) is 0 Å². The van der Waals surface area contributed by atoms with E-state index in [-0.39, 0.29) is 10.8 Å². The van der Waals surface area contributed by atoms with Crippen molar-refractivity contribution in [3.05, 3.63) is 52.5 Å². The largest absolute Gasteiger partial charge is 0.480 e. The smallest absolute Gasteiger partial charge is 0.265 e. The average Bonchev–Trinajstić information content (AvgIpc) is 2.91. The molecule has 0 bridgehead atoms. The molecule has 24 heavy (non-hydrogen) atoms. The molecule has 0 unspecified atom stereocenters. The lowest BCUT2D eigenvalue weighted by Crippen LogP contribution is -2.31. The number of anilines is 1. The lowest BCUT2D eigenvalue weighted by Gasteiger charge is -2.13. The number of sulfonamides is 1. The number of fused-ring (bicyclic) bond motifs is 1. The third-order valence-electron chi connectivity index (χ3n) is 3.75. The minimum Gasteiger partial charge on any atom is -0.480 e.